The Morgan fingerprint density at radius 2 is 2.14 bits per heavy atom. The summed E-state index contributed by atoms with van der Waals surface area (Å²) in [4.78, 5) is 18.8. The molecule has 0 spiro atoms. The number of amides is 1. The maximum absolute atomic E-state index is 13.5. The third-order valence-corrected chi connectivity index (χ3v) is 5.18. The highest BCUT2D eigenvalue weighted by molar-refractivity contribution is 6.46. The number of carbonyl (C=O) groups is 1. The third kappa shape index (κ3) is 3.93. The minimum atomic E-state index is -0.301. The van der Waals surface area contributed by atoms with Crippen LogP contribution in [0.2, 0.25) is 0 Å². The third-order valence-electron chi connectivity index (χ3n) is 4.88. The van der Waals surface area contributed by atoms with Gasteiger partial charge >= 0.3 is 0 Å². The van der Waals surface area contributed by atoms with Gasteiger partial charge in [0.05, 0.1) is 10.7 Å². The van der Waals surface area contributed by atoms with Crippen LogP contribution in [0.25, 0.3) is 0 Å². The number of halogens is 2. The molecule has 3 rings (SSSR count). The second-order valence-electron chi connectivity index (χ2n) is 6.62. The number of allylic oxidation sites excluding steroid dienone is 1. The lowest BCUT2D eigenvalue weighted by Crippen LogP contribution is -2.42. The quantitative estimate of drug-likeness (QED) is 0.731. The molecule has 1 atom stereocenters. The summed E-state index contributed by atoms with van der Waals surface area (Å²) in [6.07, 6.45) is 1.78. The Labute approximate surface area is 168 Å². The Bertz CT molecular complexity index is 957. The van der Waals surface area contributed by atoms with Crippen LogP contribution in [0.15, 0.2) is 58.7 Å². The summed E-state index contributed by atoms with van der Waals surface area (Å²) in [5.41, 5.74) is 15.1. The molecule has 2 aromatic carbocycles. The van der Waals surface area contributed by atoms with Crippen molar-refractivity contribution in [1.29, 1.82) is 0 Å². The Morgan fingerprint density at radius 1 is 1.36 bits per heavy atom. The van der Waals surface area contributed by atoms with Gasteiger partial charge in [-0.25, -0.2) is 4.39 Å². The molecule has 28 heavy (non-hydrogen) atoms. The first kappa shape index (κ1) is 20.0. The van der Waals surface area contributed by atoms with E-state index in [-0.39, 0.29) is 24.3 Å². The molecule has 1 aliphatic rings. The molecule has 146 valence electrons. The van der Waals surface area contributed by atoms with Crippen molar-refractivity contribution in [3.8, 4) is 0 Å². The average Bonchev–Trinajstić information content (AvgIpc) is 3.02. The summed E-state index contributed by atoms with van der Waals surface area (Å²) in [5.74, 6) is -0.381. The van der Waals surface area contributed by atoms with E-state index in [4.69, 9.17) is 23.1 Å². The van der Waals surface area contributed by atoms with Gasteiger partial charge in [0.25, 0.3) is 5.91 Å². The molecule has 0 radical (unpaired) electrons. The topological polar surface area (TPSA) is 84.7 Å². The monoisotopic (exact) mass is 400 g/mol. The molecule has 5 nitrogen and oxygen atoms in total. The lowest BCUT2D eigenvalue weighted by molar-refractivity contribution is 0.0708. The highest BCUT2D eigenvalue weighted by atomic mass is 35.5. The van der Waals surface area contributed by atoms with E-state index in [1.165, 1.54) is 18.3 Å². The molecule has 0 bridgehead atoms. The number of fused-ring (bicyclic) bond motifs is 1. The van der Waals surface area contributed by atoms with E-state index in [1.807, 2.05) is 12.1 Å². The van der Waals surface area contributed by atoms with Gasteiger partial charge in [-0.1, -0.05) is 29.8 Å². The summed E-state index contributed by atoms with van der Waals surface area (Å²) < 4.78 is 13.5. The molecule has 1 unspecified atom stereocenters. The molecule has 1 heterocycles. The number of nitrogens with zero attached hydrogens (tertiary/aromatic N) is 2. The summed E-state index contributed by atoms with van der Waals surface area (Å²) in [6, 6.07) is 11.6. The van der Waals surface area contributed by atoms with Crippen molar-refractivity contribution in [3.05, 3.63) is 81.8 Å². The first-order valence-corrected chi connectivity index (χ1v) is 9.29. The van der Waals surface area contributed by atoms with Crippen LogP contribution >= 0.6 is 11.6 Å². The Balaban J connectivity index is 1.86. The van der Waals surface area contributed by atoms with Crippen molar-refractivity contribution in [2.24, 2.45) is 16.5 Å². The predicted octanol–water partition coefficient (Wildman–Crippen LogP) is 2.81. The second kappa shape index (κ2) is 8.54. The number of aliphatic imine (C=N–C) groups is 1. The van der Waals surface area contributed by atoms with E-state index in [0.717, 1.165) is 16.7 Å². The summed E-state index contributed by atoms with van der Waals surface area (Å²) >= 11 is 6.13. The molecule has 0 fully saturated rings. The predicted molar refractivity (Wildman–Crippen MR) is 110 cm³/mol. The van der Waals surface area contributed by atoms with Crippen LogP contribution in [-0.2, 0) is 13.0 Å². The minimum Gasteiger partial charge on any atom is -0.403 e. The van der Waals surface area contributed by atoms with Crippen LogP contribution in [0.1, 0.15) is 27.0 Å². The fraction of sp³-hybridized carbons (Fsp3) is 0.238. The minimum absolute atomic E-state index is 0.0798. The lowest BCUT2D eigenvalue weighted by Gasteiger charge is -2.26. The van der Waals surface area contributed by atoms with Crippen molar-refractivity contribution < 1.29 is 9.18 Å². The summed E-state index contributed by atoms with van der Waals surface area (Å²) in [6.45, 7) is 0.715. The molecule has 7 heteroatoms. The summed E-state index contributed by atoms with van der Waals surface area (Å²) in [7, 11) is 1.63. The largest absolute Gasteiger partial charge is 0.403 e. The van der Waals surface area contributed by atoms with Crippen LogP contribution in [0.5, 0.6) is 0 Å². The van der Waals surface area contributed by atoms with Gasteiger partial charge in [-0.3, -0.25) is 9.79 Å². The standard InChI is InChI=1S/C21H22ClFN4O/c1-26-20(19(22)11-25)14-5-6-18-15(9-14)12-27(21(18)28)17(10-24)8-13-3-2-4-16(23)7-13/h2-7,9,11,17H,8,10,12,24-25H2,1H3/b19-11+,26-20?. The van der Waals surface area contributed by atoms with E-state index >= 15 is 0 Å². The highest BCUT2D eigenvalue weighted by Gasteiger charge is 2.32. The molecule has 2 aromatic rings. The van der Waals surface area contributed by atoms with Crippen molar-refractivity contribution in [3.63, 3.8) is 0 Å². The fourth-order valence-corrected chi connectivity index (χ4v) is 3.69. The molecule has 1 aliphatic heterocycles. The SMILES string of the molecule is CN=C(/C(Cl)=C\N)c1ccc2c(c1)CN(C(CN)Cc1cccc(F)c1)C2=O. The van der Waals surface area contributed by atoms with E-state index in [2.05, 4.69) is 4.99 Å². The van der Waals surface area contributed by atoms with E-state index in [9.17, 15) is 9.18 Å². The Kier molecular flexibility index (Phi) is 6.11. The molecule has 0 aromatic heterocycles. The number of nitrogens with two attached hydrogens (primary N) is 2. The molecule has 1 amide bonds. The normalized spacial score (nSPS) is 15.7. The van der Waals surface area contributed by atoms with Crippen LogP contribution < -0.4 is 11.5 Å². The molecule has 0 saturated carbocycles. The fourth-order valence-electron chi connectivity index (χ4n) is 3.49. The van der Waals surface area contributed by atoms with Crippen LogP contribution in [0.4, 0.5) is 4.39 Å². The van der Waals surface area contributed by atoms with Gasteiger partial charge in [0.15, 0.2) is 0 Å². The number of hydrogen-bond donors (Lipinski definition) is 2. The van der Waals surface area contributed by atoms with Gasteiger partial charge < -0.3 is 16.4 Å². The lowest BCUT2D eigenvalue weighted by atomic mass is 10.0. The zero-order valence-electron chi connectivity index (χ0n) is 15.5. The van der Waals surface area contributed by atoms with Crippen LogP contribution in [0, 0.1) is 5.82 Å². The van der Waals surface area contributed by atoms with E-state index in [0.29, 0.717) is 29.3 Å². The molecular formula is C21H22ClFN4O. The Hall–Kier alpha value is -2.70. The number of rotatable bonds is 6. The number of hydrogen-bond acceptors (Lipinski definition) is 4. The first-order chi connectivity index (χ1) is 13.5. The van der Waals surface area contributed by atoms with Crippen molar-refractivity contribution in [2.75, 3.05) is 13.6 Å². The highest BCUT2D eigenvalue weighted by Crippen LogP contribution is 2.28. The number of carbonyl (C=O) groups excluding carboxylic acids is 1. The van der Waals surface area contributed by atoms with Crippen molar-refractivity contribution in [2.45, 2.75) is 19.0 Å². The first-order valence-electron chi connectivity index (χ1n) is 8.91. The average molecular weight is 401 g/mol. The van der Waals surface area contributed by atoms with Gasteiger partial charge in [0.2, 0.25) is 0 Å². The maximum Gasteiger partial charge on any atom is 0.254 e. The molecular weight excluding hydrogens is 379 g/mol. The van der Waals surface area contributed by atoms with Gasteiger partial charge in [0, 0.05) is 43.5 Å². The second-order valence-corrected chi connectivity index (χ2v) is 7.02. The molecule has 0 aliphatic carbocycles. The van der Waals surface area contributed by atoms with Crippen molar-refractivity contribution >= 4 is 23.2 Å². The van der Waals surface area contributed by atoms with E-state index < -0.39 is 0 Å². The van der Waals surface area contributed by atoms with Crippen LogP contribution in [0.3, 0.4) is 0 Å². The smallest absolute Gasteiger partial charge is 0.254 e. The molecule has 4 N–H and O–H groups in total. The molecule has 0 saturated heterocycles. The van der Waals surface area contributed by atoms with Gasteiger partial charge in [-0.05, 0) is 41.8 Å². The van der Waals surface area contributed by atoms with Gasteiger partial charge in [-0.2, -0.15) is 0 Å². The van der Waals surface area contributed by atoms with E-state index in [1.54, 1.807) is 30.1 Å². The maximum atomic E-state index is 13.5. The van der Waals surface area contributed by atoms with Gasteiger partial charge in [-0.15, -0.1) is 0 Å². The number of benzene rings is 2. The zero-order valence-corrected chi connectivity index (χ0v) is 16.3. The van der Waals surface area contributed by atoms with Crippen molar-refractivity contribution in [1.82, 2.24) is 4.90 Å². The van der Waals surface area contributed by atoms with Gasteiger partial charge in [0.1, 0.15) is 5.82 Å². The summed E-state index contributed by atoms with van der Waals surface area (Å²) in [5, 5.41) is 0.342. The zero-order chi connectivity index (χ0) is 20.3. The van der Waals surface area contributed by atoms with Crippen LogP contribution in [-0.4, -0.2) is 36.2 Å². The Morgan fingerprint density at radius 3 is 2.79 bits per heavy atom.